The smallest absolute Gasteiger partial charge is 0.253 e. The van der Waals surface area contributed by atoms with Crippen LogP contribution < -0.4 is 0 Å². The first-order valence-corrected chi connectivity index (χ1v) is 8.63. The minimum Gasteiger partial charge on any atom is -0.339 e. The van der Waals surface area contributed by atoms with Gasteiger partial charge in [-0.05, 0) is 12.1 Å². The van der Waals surface area contributed by atoms with Crippen molar-refractivity contribution in [3.05, 3.63) is 35.9 Å². The van der Waals surface area contributed by atoms with E-state index in [1.54, 1.807) is 4.90 Å². The lowest BCUT2D eigenvalue weighted by Crippen LogP contribution is -2.50. The maximum absolute atomic E-state index is 12.4. The molecule has 0 saturated carbocycles. The molecule has 3 rings (SSSR count). The standard InChI is InChI=1S/C19H22N4O2/c1-2-3-10-19(20-21-19)11-9-17(24)22-12-14-23(15-13-22)18(25)16-7-5-4-6-8-16/h1,4-8H,3,9-15H2. The fraction of sp³-hybridized carbons (Fsp3) is 0.474. The van der Waals surface area contributed by atoms with Gasteiger partial charge in [0.05, 0.1) is 0 Å². The van der Waals surface area contributed by atoms with Crippen molar-refractivity contribution < 1.29 is 9.59 Å². The maximum Gasteiger partial charge on any atom is 0.253 e. The predicted octanol–water partition coefficient (Wildman–Crippen LogP) is 2.33. The molecule has 1 aromatic rings. The molecule has 130 valence electrons. The highest BCUT2D eigenvalue weighted by atomic mass is 16.2. The molecule has 1 saturated heterocycles. The van der Waals surface area contributed by atoms with E-state index in [1.165, 1.54) is 0 Å². The van der Waals surface area contributed by atoms with Crippen LogP contribution in [0.3, 0.4) is 0 Å². The van der Waals surface area contributed by atoms with Gasteiger partial charge in [0.1, 0.15) is 0 Å². The van der Waals surface area contributed by atoms with E-state index < -0.39 is 5.66 Å². The summed E-state index contributed by atoms with van der Waals surface area (Å²) in [6, 6.07) is 9.24. The van der Waals surface area contributed by atoms with Crippen LogP contribution in [0.5, 0.6) is 0 Å². The fourth-order valence-corrected chi connectivity index (χ4v) is 3.06. The van der Waals surface area contributed by atoms with Crippen molar-refractivity contribution in [3.63, 3.8) is 0 Å². The number of hydrogen-bond donors (Lipinski definition) is 0. The van der Waals surface area contributed by atoms with Crippen LogP contribution in [0.25, 0.3) is 0 Å². The highest BCUT2D eigenvalue weighted by Gasteiger charge is 2.39. The molecule has 2 amide bonds. The molecule has 25 heavy (non-hydrogen) atoms. The summed E-state index contributed by atoms with van der Waals surface area (Å²) < 4.78 is 0. The molecular formula is C19H22N4O2. The van der Waals surface area contributed by atoms with Crippen molar-refractivity contribution in [2.24, 2.45) is 10.2 Å². The molecule has 0 spiro atoms. The van der Waals surface area contributed by atoms with E-state index in [2.05, 4.69) is 16.1 Å². The van der Waals surface area contributed by atoms with Crippen LogP contribution in [0, 0.1) is 12.3 Å². The Morgan fingerprint density at radius 2 is 1.68 bits per heavy atom. The summed E-state index contributed by atoms with van der Waals surface area (Å²) in [6.45, 7) is 2.28. The number of nitrogens with zero attached hydrogens (tertiary/aromatic N) is 4. The molecule has 1 fully saturated rings. The van der Waals surface area contributed by atoms with Gasteiger partial charge in [0, 0.05) is 57.4 Å². The van der Waals surface area contributed by atoms with Gasteiger partial charge in [-0.15, -0.1) is 12.3 Å². The van der Waals surface area contributed by atoms with Crippen molar-refractivity contribution in [2.75, 3.05) is 26.2 Å². The van der Waals surface area contributed by atoms with Gasteiger partial charge < -0.3 is 9.80 Å². The summed E-state index contributed by atoms with van der Waals surface area (Å²) in [5, 5.41) is 8.13. The van der Waals surface area contributed by atoms with E-state index in [1.807, 2.05) is 35.2 Å². The lowest BCUT2D eigenvalue weighted by Gasteiger charge is -2.35. The van der Waals surface area contributed by atoms with Crippen molar-refractivity contribution in [1.29, 1.82) is 0 Å². The number of piperazine rings is 1. The Hall–Kier alpha value is -2.68. The Morgan fingerprint density at radius 3 is 2.28 bits per heavy atom. The van der Waals surface area contributed by atoms with Gasteiger partial charge in [0.25, 0.3) is 5.91 Å². The third-order valence-electron chi connectivity index (χ3n) is 4.73. The highest BCUT2D eigenvalue weighted by molar-refractivity contribution is 5.94. The second-order valence-corrected chi connectivity index (χ2v) is 6.43. The van der Waals surface area contributed by atoms with Crippen LogP contribution >= 0.6 is 0 Å². The quantitative estimate of drug-likeness (QED) is 0.747. The fourth-order valence-electron chi connectivity index (χ4n) is 3.06. The van der Waals surface area contributed by atoms with Gasteiger partial charge in [-0.25, -0.2) is 0 Å². The van der Waals surface area contributed by atoms with Gasteiger partial charge in [-0.2, -0.15) is 10.2 Å². The molecule has 2 aliphatic rings. The third-order valence-corrected chi connectivity index (χ3v) is 4.73. The lowest BCUT2D eigenvalue weighted by atomic mass is 10.0. The summed E-state index contributed by atoms with van der Waals surface area (Å²) in [5.74, 6) is 2.72. The molecule has 0 aliphatic carbocycles. The Morgan fingerprint density at radius 1 is 1.04 bits per heavy atom. The van der Waals surface area contributed by atoms with Crippen molar-refractivity contribution in [2.45, 2.75) is 31.3 Å². The normalized spacial score (nSPS) is 17.9. The maximum atomic E-state index is 12.4. The monoisotopic (exact) mass is 338 g/mol. The van der Waals surface area contributed by atoms with Gasteiger partial charge >= 0.3 is 0 Å². The molecule has 2 aliphatic heterocycles. The summed E-state index contributed by atoms with van der Waals surface area (Å²) in [7, 11) is 0. The molecule has 0 N–H and O–H groups in total. The second kappa shape index (κ2) is 7.47. The zero-order valence-corrected chi connectivity index (χ0v) is 14.2. The van der Waals surface area contributed by atoms with Crippen molar-refractivity contribution >= 4 is 11.8 Å². The van der Waals surface area contributed by atoms with Crippen LogP contribution in [0.2, 0.25) is 0 Å². The zero-order valence-electron chi connectivity index (χ0n) is 14.2. The molecule has 0 radical (unpaired) electrons. The van der Waals surface area contributed by atoms with Gasteiger partial charge in [0.2, 0.25) is 5.91 Å². The van der Waals surface area contributed by atoms with E-state index in [0.29, 0.717) is 51.0 Å². The average molecular weight is 338 g/mol. The highest BCUT2D eigenvalue weighted by Crippen LogP contribution is 2.37. The lowest BCUT2D eigenvalue weighted by molar-refractivity contribution is -0.132. The number of hydrogen-bond acceptors (Lipinski definition) is 4. The predicted molar refractivity (Wildman–Crippen MR) is 93.8 cm³/mol. The minimum absolute atomic E-state index is 0.0246. The molecule has 1 aromatic carbocycles. The number of benzene rings is 1. The first-order chi connectivity index (χ1) is 12.1. The third kappa shape index (κ3) is 4.24. The molecular weight excluding hydrogens is 316 g/mol. The molecule has 6 nitrogen and oxygen atoms in total. The molecule has 0 unspecified atom stereocenters. The number of carbonyl (C=O) groups is 2. The number of terminal acetylenes is 1. The van der Waals surface area contributed by atoms with Crippen molar-refractivity contribution in [3.8, 4) is 12.3 Å². The van der Waals surface area contributed by atoms with E-state index in [4.69, 9.17) is 6.42 Å². The van der Waals surface area contributed by atoms with Crippen LogP contribution in [0.4, 0.5) is 0 Å². The summed E-state index contributed by atoms with van der Waals surface area (Å²) in [6.07, 6.45) is 7.66. The van der Waals surface area contributed by atoms with Crippen LogP contribution in [0.15, 0.2) is 40.6 Å². The SMILES string of the molecule is C#CCCC1(CCC(=O)N2CCN(C(=O)c3ccccc3)CC2)N=N1. The Bertz CT molecular complexity index is 694. The average Bonchev–Trinajstić information content (AvgIpc) is 3.45. The topological polar surface area (TPSA) is 65.3 Å². The molecule has 6 heteroatoms. The minimum atomic E-state index is -0.410. The molecule has 0 bridgehead atoms. The Balaban J connectivity index is 1.44. The van der Waals surface area contributed by atoms with E-state index >= 15 is 0 Å². The van der Waals surface area contributed by atoms with Crippen molar-refractivity contribution in [1.82, 2.24) is 9.80 Å². The van der Waals surface area contributed by atoms with E-state index in [9.17, 15) is 9.59 Å². The number of carbonyl (C=O) groups excluding carboxylic acids is 2. The number of amides is 2. The second-order valence-electron chi connectivity index (χ2n) is 6.43. The molecule has 0 aromatic heterocycles. The molecule has 0 atom stereocenters. The van der Waals surface area contributed by atoms with Crippen LogP contribution in [-0.4, -0.2) is 53.5 Å². The number of rotatable bonds is 6. The largest absolute Gasteiger partial charge is 0.339 e. The Kier molecular flexibility index (Phi) is 5.13. The van der Waals surface area contributed by atoms with Gasteiger partial charge in [0.15, 0.2) is 5.66 Å². The molecule has 2 heterocycles. The zero-order chi connectivity index (χ0) is 17.7. The summed E-state index contributed by atoms with van der Waals surface area (Å²) >= 11 is 0. The van der Waals surface area contributed by atoms with Crippen LogP contribution in [0.1, 0.15) is 36.0 Å². The van der Waals surface area contributed by atoms with E-state index in [-0.39, 0.29) is 11.8 Å². The first kappa shape index (κ1) is 17.2. The first-order valence-electron chi connectivity index (χ1n) is 8.63. The van der Waals surface area contributed by atoms with Crippen LogP contribution in [-0.2, 0) is 4.79 Å². The Labute approximate surface area is 147 Å². The van der Waals surface area contributed by atoms with Gasteiger partial charge in [-0.3, -0.25) is 9.59 Å². The van der Waals surface area contributed by atoms with Gasteiger partial charge in [-0.1, -0.05) is 18.2 Å². The van der Waals surface area contributed by atoms with E-state index in [0.717, 1.165) is 6.42 Å². The summed E-state index contributed by atoms with van der Waals surface area (Å²) in [4.78, 5) is 28.4. The summed E-state index contributed by atoms with van der Waals surface area (Å²) in [5.41, 5.74) is 0.280.